The third-order valence-electron chi connectivity index (χ3n) is 2.43. The van der Waals surface area contributed by atoms with Crippen molar-refractivity contribution >= 4 is 33.2 Å². The zero-order chi connectivity index (χ0) is 10.7. The maximum atomic E-state index is 11.3. The molecule has 0 atom stereocenters. The van der Waals surface area contributed by atoms with Gasteiger partial charge in [-0.1, -0.05) is 0 Å². The minimum Gasteiger partial charge on any atom is -0.355 e. The summed E-state index contributed by atoms with van der Waals surface area (Å²) in [6, 6.07) is 2.11. The molecule has 0 aliphatic carbocycles. The smallest absolute Gasteiger partial charge is 0.234 e. The van der Waals surface area contributed by atoms with Gasteiger partial charge in [0.1, 0.15) is 0 Å². The topological polar surface area (TPSA) is 32.3 Å². The molecule has 0 unspecified atom stereocenters. The Hall–Kier alpha value is -0.390. The molecule has 3 nitrogen and oxygen atoms in total. The molecule has 1 amide bonds. The molecule has 1 fully saturated rings. The lowest BCUT2D eigenvalue weighted by atomic mass is 10.3. The summed E-state index contributed by atoms with van der Waals surface area (Å²) in [5.41, 5.74) is 1.27. The molecule has 0 radical (unpaired) electrons. The van der Waals surface area contributed by atoms with Gasteiger partial charge in [-0.2, -0.15) is 0 Å². The van der Waals surface area contributed by atoms with E-state index in [1.807, 2.05) is 0 Å². The first-order valence-electron chi connectivity index (χ1n) is 4.96. The van der Waals surface area contributed by atoms with Crippen LogP contribution < -0.4 is 5.32 Å². The van der Waals surface area contributed by atoms with E-state index in [2.05, 4.69) is 37.6 Å². The zero-order valence-electron chi connectivity index (χ0n) is 8.33. The second kappa shape index (κ2) is 5.09. The monoisotopic (exact) mass is 288 g/mol. The van der Waals surface area contributed by atoms with Gasteiger partial charge in [0.25, 0.3) is 0 Å². The predicted octanol–water partition coefficient (Wildman–Crippen LogP) is 1.83. The Bertz CT molecular complexity index is 353. The van der Waals surface area contributed by atoms with Crippen molar-refractivity contribution in [3.63, 3.8) is 0 Å². The number of thiophene rings is 1. The molecule has 1 saturated heterocycles. The third kappa shape index (κ3) is 3.03. The van der Waals surface area contributed by atoms with Crippen molar-refractivity contribution < 1.29 is 4.79 Å². The SMILES string of the molecule is O=C1CN(Cc2ccsc2Br)CCCN1. The third-order valence-corrected chi connectivity index (χ3v) is 4.24. The van der Waals surface area contributed by atoms with Crippen LogP contribution in [0.3, 0.4) is 0 Å². The fraction of sp³-hybridized carbons (Fsp3) is 0.500. The van der Waals surface area contributed by atoms with Crippen molar-refractivity contribution in [2.24, 2.45) is 0 Å². The zero-order valence-corrected chi connectivity index (χ0v) is 10.7. The molecule has 1 N–H and O–H groups in total. The second-order valence-corrected chi connectivity index (χ2v) is 5.87. The summed E-state index contributed by atoms with van der Waals surface area (Å²) in [6.45, 7) is 3.17. The Labute approximate surface area is 102 Å². The van der Waals surface area contributed by atoms with Gasteiger partial charge in [-0.25, -0.2) is 0 Å². The molecule has 2 rings (SSSR count). The lowest BCUT2D eigenvalue weighted by Gasteiger charge is -2.17. The highest BCUT2D eigenvalue weighted by molar-refractivity contribution is 9.11. The molecule has 5 heteroatoms. The van der Waals surface area contributed by atoms with Gasteiger partial charge >= 0.3 is 0 Å². The summed E-state index contributed by atoms with van der Waals surface area (Å²) in [5, 5.41) is 4.95. The molecule has 0 saturated carbocycles. The van der Waals surface area contributed by atoms with E-state index in [9.17, 15) is 4.79 Å². The van der Waals surface area contributed by atoms with Crippen LogP contribution in [0.2, 0.25) is 0 Å². The van der Waals surface area contributed by atoms with E-state index in [-0.39, 0.29) is 5.91 Å². The lowest BCUT2D eigenvalue weighted by molar-refractivity contribution is -0.121. The van der Waals surface area contributed by atoms with Crippen LogP contribution in [-0.2, 0) is 11.3 Å². The Kier molecular flexibility index (Phi) is 3.77. The molecule has 0 bridgehead atoms. The highest BCUT2D eigenvalue weighted by Crippen LogP contribution is 2.24. The molecule has 2 heterocycles. The fourth-order valence-corrected chi connectivity index (χ4v) is 2.89. The summed E-state index contributed by atoms with van der Waals surface area (Å²) >= 11 is 5.21. The summed E-state index contributed by atoms with van der Waals surface area (Å²) in [4.78, 5) is 13.5. The van der Waals surface area contributed by atoms with Gasteiger partial charge in [-0.05, 0) is 39.4 Å². The molecular weight excluding hydrogens is 276 g/mol. The molecule has 82 valence electrons. The standard InChI is InChI=1S/C10H13BrN2OS/c11-10-8(2-5-15-10)6-13-4-1-3-12-9(14)7-13/h2,5H,1,3-4,6-7H2,(H,12,14). The molecular formula is C10H13BrN2OS. The van der Waals surface area contributed by atoms with Crippen LogP contribution >= 0.6 is 27.3 Å². The first-order chi connectivity index (χ1) is 7.25. The van der Waals surface area contributed by atoms with Gasteiger partial charge in [-0.3, -0.25) is 9.69 Å². The molecule has 0 spiro atoms. The van der Waals surface area contributed by atoms with Crippen LogP contribution in [0.1, 0.15) is 12.0 Å². The first kappa shape index (κ1) is 11.1. The molecule has 1 aliphatic rings. The minimum absolute atomic E-state index is 0.138. The number of rotatable bonds is 2. The van der Waals surface area contributed by atoms with Gasteiger partial charge in [0.05, 0.1) is 10.3 Å². The van der Waals surface area contributed by atoms with Crippen LogP contribution in [0.25, 0.3) is 0 Å². The highest BCUT2D eigenvalue weighted by Gasteiger charge is 2.15. The summed E-state index contributed by atoms with van der Waals surface area (Å²) < 4.78 is 1.17. The quantitative estimate of drug-likeness (QED) is 0.901. The van der Waals surface area contributed by atoms with Crippen molar-refractivity contribution in [3.8, 4) is 0 Å². The van der Waals surface area contributed by atoms with E-state index >= 15 is 0 Å². The van der Waals surface area contributed by atoms with Crippen LogP contribution in [0.15, 0.2) is 15.2 Å². The second-order valence-electron chi connectivity index (χ2n) is 3.63. The number of nitrogens with one attached hydrogen (secondary N) is 1. The van der Waals surface area contributed by atoms with Crippen molar-refractivity contribution in [1.82, 2.24) is 10.2 Å². The number of nitrogens with zero attached hydrogens (tertiary/aromatic N) is 1. The van der Waals surface area contributed by atoms with Gasteiger partial charge in [-0.15, -0.1) is 11.3 Å². The number of hydrogen-bond acceptors (Lipinski definition) is 3. The van der Waals surface area contributed by atoms with Crippen molar-refractivity contribution in [2.75, 3.05) is 19.6 Å². The number of hydrogen-bond donors (Lipinski definition) is 1. The summed E-state index contributed by atoms with van der Waals surface area (Å²) in [5.74, 6) is 0.138. The van der Waals surface area contributed by atoms with Gasteiger partial charge in [0.2, 0.25) is 5.91 Å². The predicted molar refractivity (Wildman–Crippen MR) is 64.9 cm³/mol. The Morgan fingerprint density at radius 2 is 2.47 bits per heavy atom. The largest absolute Gasteiger partial charge is 0.355 e. The average molecular weight is 289 g/mol. The maximum absolute atomic E-state index is 11.3. The van der Waals surface area contributed by atoms with E-state index in [0.717, 1.165) is 26.1 Å². The van der Waals surface area contributed by atoms with Gasteiger partial charge in [0.15, 0.2) is 0 Å². The summed E-state index contributed by atoms with van der Waals surface area (Å²) in [7, 11) is 0. The van der Waals surface area contributed by atoms with E-state index in [1.54, 1.807) is 11.3 Å². The number of halogens is 1. The van der Waals surface area contributed by atoms with Crippen LogP contribution in [0.4, 0.5) is 0 Å². The Morgan fingerprint density at radius 3 is 3.20 bits per heavy atom. The molecule has 1 aromatic heterocycles. The minimum atomic E-state index is 0.138. The van der Waals surface area contributed by atoms with E-state index in [1.165, 1.54) is 9.35 Å². The van der Waals surface area contributed by atoms with Crippen molar-refractivity contribution in [3.05, 3.63) is 20.8 Å². The first-order valence-corrected chi connectivity index (χ1v) is 6.64. The Balaban J connectivity index is 1.98. The average Bonchev–Trinajstić information content (AvgIpc) is 2.48. The molecule has 1 aliphatic heterocycles. The lowest BCUT2D eigenvalue weighted by Crippen LogP contribution is -2.32. The van der Waals surface area contributed by atoms with Crippen LogP contribution in [0, 0.1) is 0 Å². The number of amides is 1. The number of carbonyl (C=O) groups excluding carboxylic acids is 1. The van der Waals surface area contributed by atoms with Crippen molar-refractivity contribution in [2.45, 2.75) is 13.0 Å². The van der Waals surface area contributed by atoms with E-state index in [0.29, 0.717) is 6.54 Å². The van der Waals surface area contributed by atoms with Crippen LogP contribution in [0.5, 0.6) is 0 Å². The maximum Gasteiger partial charge on any atom is 0.234 e. The van der Waals surface area contributed by atoms with E-state index in [4.69, 9.17) is 0 Å². The Morgan fingerprint density at radius 1 is 1.60 bits per heavy atom. The normalized spacial score (nSPS) is 18.6. The molecule has 0 aromatic carbocycles. The van der Waals surface area contributed by atoms with Crippen LogP contribution in [-0.4, -0.2) is 30.4 Å². The molecule has 1 aromatic rings. The highest BCUT2D eigenvalue weighted by atomic mass is 79.9. The van der Waals surface area contributed by atoms with Crippen molar-refractivity contribution in [1.29, 1.82) is 0 Å². The summed E-state index contributed by atoms with van der Waals surface area (Å²) in [6.07, 6.45) is 1.04. The van der Waals surface area contributed by atoms with E-state index < -0.39 is 0 Å². The fourth-order valence-electron chi connectivity index (χ4n) is 1.68. The number of carbonyl (C=O) groups is 1. The molecule has 15 heavy (non-hydrogen) atoms. The van der Waals surface area contributed by atoms with Gasteiger partial charge < -0.3 is 5.32 Å². The van der Waals surface area contributed by atoms with Gasteiger partial charge in [0, 0.05) is 19.6 Å².